The van der Waals surface area contributed by atoms with E-state index in [1.54, 1.807) is 12.4 Å². The second kappa shape index (κ2) is 7.68. The van der Waals surface area contributed by atoms with E-state index in [0.29, 0.717) is 5.82 Å². The molecule has 4 aromatic rings. The molecular formula is C24H21N5O2. The molecule has 2 aromatic heterocycles. The lowest BCUT2D eigenvalue weighted by atomic mass is 9.95. The molecule has 0 atom stereocenters. The van der Waals surface area contributed by atoms with Crippen LogP contribution < -0.4 is 10.6 Å². The van der Waals surface area contributed by atoms with Crippen LogP contribution in [0.2, 0.25) is 0 Å². The van der Waals surface area contributed by atoms with Gasteiger partial charge in [-0.05, 0) is 41.5 Å². The average molecular weight is 411 g/mol. The molecular weight excluding hydrogens is 390 g/mol. The Hall–Kier alpha value is -4.00. The summed E-state index contributed by atoms with van der Waals surface area (Å²) in [4.78, 5) is 29.4. The monoisotopic (exact) mass is 411 g/mol. The van der Waals surface area contributed by atoms with Crippen LogP contribution in [0.1, 0.15) is 18.4 Å². The number of aromatic nitrogens is 3. The number of nitrogens with zero attached hydrogens (tertiary/aromatic N) is 2. The van der Waals surface area contributed by atoms with E-state index in [4.69, 9.17) is 0 Å². The van der Waals surface area contributed by atoms with E-state index in [-0.39, 0.29) is 18.4 Å². The van der Waals surface area contributed by atoms with Gasteiger partial charge in [0.1, 0.15) is 5.82 Å². The van der Waals surface area contributed by atoms with Gasteiger partial charge in [0.15, 0.2) is 0 Å². The minimum absolute atomic E-state index is 0.0950. The fourth-order valence-electron chi connectivity index (χ4n) is 3.84. The van der Waals surface area contributed by atoms with E-state index < -0.39 is 5.41 Å². The van der Waals surface area contributed by atoms with Gasteiger partial charge in [0.05, 0.1) is 18.2 Å². The molecule has 0 bridgehead atoms. The molecule has 2 aromatic carbocycles. The molecule has 3 N–H and O–H groups in total. The SMILES string of the molecule is O=C(CNC(=O)C1(c2ccccc2)CC1)Nc1cc2cc(-c3cn[nH]c3)ccc2cn1. The second-order valence-electron chi connectivity index (χ2n) is 7.80. The summed E-state index contributed by atoms with van der Waals surface area (Å²) in [6, 6.07) is 17.5. The van der Waals surface area contributed by atoms with Crippen LogP contribution in [0.3, 0.4) is 0 Å². The number of carbonyl (C=O) groups excluding carboxylic acids is 2. The molecule has 0 saturated heterocycles. The maximum absolute atomic E-state index is 12.7. The van der Waals surface area contributed by atoms with Gasteiger partial charge >= 0.3 is 0 Å². The highest BCUT2D eigenvalue weighted by Gasteiger charge is 2.51. The normalized spacial score (nSPS) is 14.2. The molecule has 0 aliphatic heterocycles. The fourth-order valence-corrected chi connectivity index (χ4v) is 3.84. The van der Waals surface area contributed by atoms with Crippen LogP contribution in [0, 0.1) is 0 Å². The first-order valence-corrected chi connectivity index (χ1v) is 10.2. The van der Waals surface area contributed by atoms with Crippen LogP contribution in [0.4, 0.5) is 5.82 Å². The number of hydrogen-bond donors (Lipinski definition) is 3. The number of benzene rings is 2. The Morgan fingerprint density at radius 2 is 1.81 bits per heavy atom. The first kappa shape index (κ1) is 19.0. The zero-order chi connectivity index (χ0) is 21.3. The molecule has 0 spiro atoms. The Kier molecular flexibility index (Phi) is 4.71. The largest absolute Gasteiger partial charge is 0.346 e. The van der Waals surface area contributed by atoms with E-state index in [9.17, 15) is 9.59 Å². The first-order valence-electron chi connectivity index (χ1n) is 10.2. The molecule has 31 heavy (non-hydrogen) atoms. The molecule has 1 aliphatic rings. The summed E-state index contributed by atoms with van der Waals surface area (Å²) in [7, 11) is 0. The van der Waals surface area contributed by atoms with Crippen LogP contribution in [0.15, 0.2) is 73.2 Å². The molecule has 5 rings (SSSR count). The van der Waals surface area contributed by atoms with Crippen molar-refractivity contribution in [2.75, 3.05) is 11.9 Å². The van der Waals surface area contributed by atoms with Crippen molar-refractivity contribution in [3.63, 3.8) is 0 Å². The molecule has 154 valence electrons. The number of H-pyrrole nitrogens is 1. The molecule has 2 amide bonds. The molecule has 0 unspecified atom stereocenters. The number of rotatable bonds is 6. The van der Waals surface area contributed by atoms with E-state index in [0.717, 1.165) is 40.3 Å². The Bertz CT molecular complexity index is 1250. The number of hydrogen-bond acceptors (Lipinski definition) is 4. The van der Waals surface area contributed by atoms with Crippen molar-refractivity contribution >= 4 is 28.4 Å². The maximum Gasteiger partial charge on any atom is 0.244 e. The molecule has 1 fully saturated rings. The Morgan fingerprint density at radius 1 is 0.968 bits per heavy atom. The quantitative estimate of drug-likeness (QED) is 0.453. The molecule has 7 heteroatoms. The van der Waals surface area contributed by atoms with Crippen LogP contribution in [-0.4, -0.2) is 33.5 Å². The lowest BCUT2D eigenvalue weighted by Crippen LogP contribution is -2.39. The summed E-state index contributed by atoms with van der Waals surface area (Å²) >= 11 is 0. The molecule has 0 radical (unpaired) electrons. The van der Waals surface area contributed by atoms with Crippen molar-refractivity contribution in [1.29, 1.82) is 0 Å². The van der Waals surface area contributed by atoms with E-state index in [1.807, 2.05) is 60.8 Å². The van der Waals surface area contributed by atoms with Crippen molar-refractivity contribution in [2.45, 2.75) is 18.3 Å². The van der Waals surface area contributed by atoms with E-state index in [2.05, 4.69) is 25.8 Å². The molecule has 7 nitrogen and oxygen atoms in total. The first-order chi connectivity index (χ1) is 15.1. The Balaban J connectivity index is 1.24. The third-order valence-corrected chi connectivity index (χ3v) is 5.74. The lowest BCUT2D eigenvalue weighted by molar-refractivity contribution is -0.126. The van der Waals surface area contributed by atoms with Gasteiger partial charge in [-0.15, -0.1) is 0 Å². The highest BCUT2D eigenvalue weighted by molar-refractivity contribution is 5.98. The number of nitrogens with one attached hydrogen (secondary N) is 3. The minimum atomic E-state index is -0.494. The summed E-state index contributed by atoms with van der Waals surface area (Å²) in [6.07, 6.45) is 6.91. The highest BCUT2D eigenvalue weighted by Crippen LogP contribution is 2.48. The van der Waals surface area contributed by atoms with E-state index in [1.165, 1.54) is 0 Å². The summed E-state index contributed by atoms with van der Waals surface area (Å²) in [5.41, 5.74) is 2.51. The molecule has 1 saturated carbocycles. The van der Waals surface area contributed by atoms with Crippen molar-refractivity contribution in [3.8, 4) is 11.1 Å². The van der Waals surface area contributed by atoms with Gasteiger partial charge in [-0.2, -0.15) is 5.10 Å². The predicted molar refractivity (Wildman–Crippen MR) is 118 cm³/mol. The Morgan fingerprint density at radius 3 is 2.55 bits per heavy atom. The zero-order valence-electron chi connectivity index (χ0n) is 16.8. The average Bonchev–Trinajstić information content (AvgIpc) is 3.44. The number of aromatic amines is 1. The van der Waals surface area contributed by atoms with Crippen molar-refractivity contribution in [2.24, 2.45) is 0 Å². The van der Waals surface area contributed by atoms with Crippen LogP contribution in [0.5, 0.6) is 0 Å². The number of fused-ring (bicyclic) bond motifs is 1. The maximum atomic E-state index is 12.7. The van der Waals surface area contributed by atoms with Gasteiger partial charge in [0, 0.05) is 23.3 Å². The van der Waals surface area contributed by atoms with Gasteiger partial charge in [0.25, 0.3) is 0 Å². The van der Waals surface area contributed by atoms with Gasteiger partial charge in [-0.1, -0.05) is 42.5 Å². The lowest BCUT2D eigenvalue weighted by Gasteiger charge is -2.15. The third-order valence-electron chi connectivity index (χ3n) is 5.74. The van der Waals surface area contributed by atoms with Gasteiger partial charge in [-0.3, -0.25) is 14.7 Å². The molecule has 2 heterocycles. The van der Waals surface area contributed by atoms with Gasteiger partial charge in [-0.25, -0.2) is 4.98 Å². The predicted octanol–water partition coefficient (Wildman–Crippen LogP) is 3.41. The number of anilines is 1. The summed E-state index contributed by atoms with van der Waals surface area (Å²) in [5, 5.41) is 14.3. The van der Waals surface area contributed by atoms with Crippen molar-refractivity contribution < 1.29 is 9.59 Å². The topological polar surface area (TPSA) is 99.8 Å². The Labute approximate surface area is 178 Å². The minimum Gasteiger partial charge on any atom is -0.346 e. The second-order valence-corrected chi connectivity index (χ2v) is 7.80. The van der Waals surface area contributed by atoms with Crippen LogP contribution in [0.25, 0.3) is 21.9 Å². The van der Waals surface area contributed by atoms with Crippen LogP contribution >= 0.6 is 0 Å². The standard InChI is InChI=1S/C24H21N5O2/c30-22(15-26-23(31)24(8-9-24)20-4-2-1-3-5-20)29-21-11-18-10-16(19-13-27-28-14-19)6-7-17(18)12-25-21/h1-7,10-14H,8-9,15H2,(H,26,31)(H,27,28)(H,25,29,30). The summed E-state index contributed by atoms with van der Waals surface area (Å²) < 4.78 is 0. The van der Waals surface area contributed by atoms with Crippen LogP contribution in [-0.2, 0) is 15.0 Å². The number of carbonyl (C=O) groups is 2. The van der Waals surface area contributed by atoms with Gasteiger partial charge < -0.3 is 10.6 Å². The summed E-state index contributed by atoms with van der Waals surface area (Å²) in [6.45, 7) is -0.0950. The fraction of sp³-hybridized carbons (Fsp3) is 0.167. The van der Waals surface area contributed by atoms with Gasteiger partial charge in [0.2, 0.25) is 11.8 Å². The summed E-state index contributed by atoms with van der Waals surface area (Å²) in [5.74, 6) is 0.0282. The number of pyridine rings is 1. The number of amides is 2. The van der Waals surface area contributed by atoms with Crippen molar-refractivity contribution in [3.05, 3.63) is 78.8 Å². The van der Waals surface area contributed by atoms with E-state index >= 15 is 0 Å². The zero-order valence-corrected chi connectivity index (χ0v) is 16.8. The highest BCUT2D eigenvalue weighted by atomic mass is 16.2. The molecule has 1 aliphatic carbocycles. The smallest absolute Gasteiger partial charge is 0.244 e. The van der Waals surface area contributed by atoms with Crippen molar-refractivity contribution in [1.82, 2.24) is 20.5 Å². The third kappa shape index (κ3) is 3.77.